The lowest BCUT2D eigenvalue weighted by Crippen LogP contribution is -2.39. The molecule has 0 aliphatic rings. The molecule has 0 unspecified atom stereocenters. The number of pyridine rings is 1. The van der Waals surface area contributed by atoms with Crippen LogP contribution in [0, 0.1) is 5.82 Å². The lowest BCUT2D eigenvalue weighted by molar-refractivity contribution is -0.202. The highest BCUT2D eigenvalue weighted by Crippen LogP contribution is 2.33. The number of nitrogen functional groups attached to an aromatic ring is 1. The summed E-state index contributed by atoms with van der Waals surface area (Å²) in [5, 5.41) is 5.70. The lowest BCUT2D eigenvalue weighted by atomic mass is 9.98. The van der Waals surface area contributed by atoms with E-state index >= 15 is 4.39 Å². The van der Waals surface area contributed by atoms with Crippen molar-refractivity contribution in [1.82, 2.24) is 10.3 Å². The maximum Gasteiger partial charge on any atom is 0.491 e. The molecule has 0 aliphatic heterocycles. The van der Waals surface area contributed by atoms with E-state index in [1.807, 2.05) is 0 Å². The van der Waals surface area contributed by atoms with Crippen LogP contribution in [0.15, 0.2) is 71.8 Å². The molecule has 0 bridgehead atoms. The zero-order valence-electron chi connectivity index (χ0n) is 27.3. The normalized spacial score (nSPS) is 13.1. The molecule has 4 aromatic rings. The number of methoxy groups -OCH3 is 1. The van der Waals surface area contributed by atoms with Crippen LogP contribution in [0.1, 0.15) is 56.0 Å². The van der Waals surface area contributed by atoms with Gasteiger partial charge in [0.05, 0.1) is 29.7 Å². The Morgan fingerprint density at radius 2 is 1.70 bits per heavy atom. The quantitative estimate of drug-likeness (QED) is 0.0934. The van der Waals surface area contributed by atoms with Crippen LogP contribution < -0.4 is 21.1 Å². The standard InChI is InChI=1S/C34H34F4N4O7S/c1-5-19-15-24(25(35)16-27(19)48-4)30(41-21-10-11-22-20(14-21)12-13-40-31(22)39)32(44)42-26(17-29(43)49-33(45)34(36,37)38)23-8-6-7-9-28(23)50(46,47)18(2)3/h6-16,18,26,30,41H,5,17H2,1-4H3,(H2,39,40)(H,42,44)/t26-,30-/m1/s1. The van der Waals surface area contributed by atoms with Gasteiger partial charge < -0.3 is 25.8 Å². The number of benzene rings is 3. The molecule has 50 heavy (non-hydrogen) atoms. The average Bonchev–Trinajstić information content (AvgIpc) is 3.06. The van der Waals surface area contributed by atoms with E-state index in [0.717, 1.165) is 6.07 Å². The van der Waals surface area contributed by atoms with Crippen molar-refractivity contribution >= 4 is 50.0 Å². The summed E-state index contributed by atoms with van der Waals surface area (Å²) < 4.78 is 90.5. The molecule has 11 nitrogen and oxygen atoms in total. The van der Waals surface area contributed by atoms with Gasteiger partial charge in [-0.1, -0.05) is 25.1 Å². The number of aromatic nitrogens is 1. The van der Waals surface area contributed by atoms with Gasteiger partial charge in [-0.25, -0.2) is 22.6 Å². The summed E-state index contributed by atoms with van der Waals surface area (Å²) in [6.07, 6.45) is -4.77. The molecule has 4 rings (SSSR count). The predicted molar refractivity (Wildman–Crippen MR) is 176 cm³/mol. The van der Waals surface area contributed by atoms with Gasteiger partial charge in [0.1, 0.15) is 23.4 Å². The summed E-state index contributed by atoms with van der Waals surface area (Å²) in [4.78, 5) is 42.1. The number of nitrogens with two attached hydrogens (primary N) is 1. The van der Waals surface area contributed by atoms with Gasteiger partial charge in [0.15, 0.2) is 9.84 Å². The van der Waals surface area contributed by atoms with Crippen molar-refractivity contribution in [3.05, 3.63) is 89.4 Å². The number of halogens is 4. The van der Waals surface area contributed by atoms with Crippen LogP contribution in [0.4, 0.5) is 29.1 Å². The smallest absolute Gasteiger partial charge is 0.491 e. The van der Waals surface area contributed by atoms with Crippen LogP contribution in [-0.4, -0.2) is 49.8 Å². The number of carbonyl (C=O) groups excluding carboxylic acids is 3. The summed E-state index contributed by atoms with van der Waals surface area (Å²) >= 11 is 0. The molecule has 0 saturated heterocycles. The zero-order valence-corrected chi connectivity index (χ0v) is 28.1. The Morgan fingerprint density at radius 1 is 1.00 bits per heavy atom. The Kier molecular flexibility index (Phi) is 11.4. The van der Waals surface area contributed by atoms with Crippen LogP contribution in [0.5, 0.6) is 5.75 Å². The zero-order chi connectivity index (χ0) is 37.0. The Morgan fingerprint density at radius 3 is 2.34 bits per heavy atom. The largest absolute Gasteiger partial charge is 0.496 e. The fourth-order valence-electron chi connectivity index (χ4n) is 5.19. The van der Waals surface area contributed by atoms with Gasteiger partial charge in [-0.15, -0.1) is 0 Å². The summed E-state index contributed by atoms with van der Waals surface area (Å²) in [5.41, 5.74) is 6.46. The summed E-state index contributed by atoms with van der Waals surface area (Å²) in [7, 11) is -2.75. The van der Waals surface area contributed by atoms with Gasteiger partial charge in [0.25, 0.3) is 0 Å². The van der Waals surface area contributed by atoms with Gasteiger partial charge >= 0.3 is 18.1 Å². The highest BCUT2D eigenvalue weighted by molar-refractivity contribution is 7.92. The number of alkyl halides is 3. The van der Waals surface area contributed by atoms with E-state index < -0.39 is 63.4 Å². The van der Waals surface area contributed by atoms with Crippen molar-refractivity contribution in [2.75, 3.05) is 18.2 Å². The van der Waals surface area contributed by atoms with Crippen molar-refractivity contribution in [2.45, 2.75) is 62.0 Å². The molecule has 16 heteroatoms. The van der Waals surface area contributed by atoms with E-state index in [0.29, 0.717) is 28.4 Å². The third-order valence-corrected chi connectivity index (χ3v) is 10.0. The highest BCUT2D eigenvalue weighted by Gasteiger charge is 2.43. The predicted octanol–water partition coefficient (Wildman–Crippen LogP) is 5.74. The minimum absolute atomic E-state index is 0.175. The number of ether oxygens (including phenoxy) is 2. The Balaban J connectivity index is 1.84. The Bertz CT molecular complexity index is 2040. The molecule has 0 saturated carbocycles. The van der Waals surface area contributed by atoms with E-state index in [2.05, 4.69) is 20.4 Å². The number of fused-ring (bicyclic) bond motifs is 1. The minimum Gasteiger partial charge on any atom is -0.496 e. The lowest BCUT2D eigenvalue weighted by Gasteiger charge is -2.27. The van der Waals surface area contributed by atoms with Gasteiger partial charge in [0.2, 0.25) is 5.91 Å². The van der Waals surface area contributed by atoms with Crippen molar-refractivity contribution < 1.29 is 49.8 Å². The van der Waals surface area contributed by atoms with E-state index in [4.69, 9.17) is 10.5 Å². The van der Waals surface area contributed by atoms with Gasteiger partial charge in [-0.3, -0.25) is 9.59 Å². The summed E-state index contributed by atoms with van der Waals surface area (Å²) in [5.74, 6) is -5.92. The number of rotatable bonds is 12. The van der Waals surface area contributed by atoms with Crippen LogP contribution in [0.3, 0.4) is 0 Å². The monoisotopic (exact) mass is 718 g/mol. The van der Waals surface area contributed by atoms with Crippen LogP contribution in [0.25, 0.3) is 10.8 Å². The SMILES string of the molecule is CCc1cc([C@@H](Nc2ccc3c(N)nccc3c2)C(=O)N[C@H](CC(=O)OC(=O)C(F)(F)F)c2ccccc2S(=O)(=O)C(C)C)c(F)cc1OC. The fraction of sp³-hybridized carbons (Fsp3) is 0.294. The first-order chi connectivity index (χ1) is 23.5. The molecule has 266 valence electrons. The Labute approximate surface area is 285 Å². The number of nitrogens with zero attached hydrogens (tertiary/aromatic N) is 1. The molecule has 0 fully saturated rings. The second-order valence-corrected chi connectivity index (χ2v) is 13.9. The number of carbonyl (C=O) groups is 3. The molecular weight excluding hydrogens is 684 g/mol. The molecule has 4 N–H and O–H groups in total. The second-order valence-electron chi connectivity index (χ2n) is 11.4. The molecule has 0 radical (unpaired) electrons. The number of sulfone groups is 1. The number of aryl methyl sites for hydroxylation is 1. The number of hydrogen-bond donors (Lipinski definition) is 3. The molecule has 0 aliphatic carbocycles. The maximum absolute atomic E-state index is 15.8. The van der Waals surface area contributed by atoms with Crippen LogP contribution in [-0.2, 0) is 35.4 Å². The number of nitrogens with one attached hydrogen (secondary N) is 2. The first-order valence-electron chi connectivity index (χ1n) is 15.2. The van der Waals surface area contributed by atoms with Crippen molar-refractivity contribution in [2.24, 2.45) is 0 Å². The van der Waals surface area contributed by atoms with E-state index in [1.165, 1.54) is 57.5 Å². The van der Waals surface area contributed by atoms with Crippen LogP contribution >= 0.6 is 0 Å². The molecule has 2 atom stereocenters. The first-order valence-corrected chi connectivity index (χ1v) is 16.7. The topological polar surface area (TPSA) is 167 Å². The molecule has 1 amide bonds. The highest BCUT2D eigenvalue weighted by atomic mass is 32.2. The summed E-state index contributed by atoms with van der Waals surface area (Å²) in [6, 6.07) is 10.9. The number of anilines is 2. The molecule has 3 aromatic carbocycles. The van der Waals surface area contributed by atoms with Crippen molar-refractivity contribution in [3.63, 3.8) is 0 Å². The molecular formula is C34H34F4N4O7S. The van der Waals surface area contributed by atoms with E-state index in [1.54, 1.807) is 31.2 Å². The van der Waals surface area contributed by atoms with Crippen molar-refractivity contribution in [3.8, 4) is 5.75 Å². The minimum atomic E-state index is -5.51. The molecule has 0 spiro atoms. The molecule has 1 aromatic heterocycles. The first kappa shape index (κ1) is 37.6. The number of hydrogen-bond acceptors (Lipinski definition) is 10. The third kappa shape index (κ3) is 8.30. The second kappa shape index (κ2) is 15.1. The third-order valence-electron chi connectivity index (χ3n) is 7.81. The van der Waals surface area contributed by atoms with E-state index in [-0.39, 0.29) is 27.6 Å². The maximum atomic E-state index is 15.8. The van der Waals surface area contributed by atoms with Gasteiger partial charge in [0, 0.05) is 28.9 Å². The Hall–Kier alpha value is -5.25. The fourth-order valence-corrected chi connectivity index (χ4v) is 6.51. The van der Waals surface area contributed by atoms with Gasteiger partial charge in [-0.05, 0) is 73.2 Å². The number of amides is 1. The molecule has 1 heterocycles. The van der Waals surface area contributed by atoms with Gasteiger partial charge in [-0.2, -0.15) is 13.2 Å². The summed E-state index contributed by atoms with van der Waals surface area (Å²) in [6.45, 7) is 4.56. The van der Waals surface area contributed by atoms with Crippen molar-refractivity contribution in [1.29, 1.82) is 0 Å². The van der Waals surface area contributed by atoms with E-state index in [9.17, 15) is 36.0 Å². The average molecular weight is 719 g/mol. The number of esters is 2. The van der Waals surface area contributed by atoms with Crippen LogP contribution in [0.2, 0.25) is 0 Å².